The van der Waals surface area contributed by atoms with Crippen LogP contribution in [0.4, 0.5) is 5.95 Å². The topological polar surface area (TPSA) is 92.7 Å². The summed E-state index contributed by atoms with van der Waals surface area (Å²) in [5.41, 5.74) is 2.82. The van der Waals surface area contributed by atoms with Crippen LogP contribution >= 0.6 is 0 Å². The monoisotopic (exact) mass is 432 g/mol. The Morgan fingerprint density at radius 1 is 1.00 bits per heavy atom. The largest absolute Gasteiger partial charge is 0.377 e. The molecule has 164 valence electrons. The molecule has 1 N–H and O–H groups in total. The van der Waals surface area contributed by atoms with Crippen LogP contribution in [0.25, 0.3) is 22.4 Å². The van der Waals surface area contributed by atoms with E-state index in [0.29, 0.717) is 38.1 Å². The summed E-state index contributed by atoms with van der Waals surface area (Å²) < 4.78 is 12.9. The van der Waals surface area contributed by atoms with Gasteiger partial charge in [0.2, 0.25) is 0 Å². The summed E-state index contributed by atoms with van der Waals surface area (Å²) in [5.74, 6) is 1.07. The molecule has 9 heteroatoms. The summed E-state index contributed by atoms with van der Waals surface area (Å²) in [6.07, 6.45) is 1.27. The Kier molecular flexibility index (Phi) is 4.86. The molecule has 2 aliphatic rings. The summed E-state index contributed by atoms with van der Waals surface area (Å²) in [5, 5.41) is 20.5. The lowest BCUT2D eigenvalue weighted by atomic mass is 10.1. The van der Waals surface area contributed by atoms with Crippen LogP contribution < -0.4 is 4.90 Å². The highest BCUT2D eigenvalue weighted by atomic mass is 16.5. The van der Waals surface area contributed by atoms with Crippen LogP contribution in [0.5, 0.6) is 0 Å². The van der Waals surface area contributed by atoms with Gasteiger partial charge < -0.3 is 19.3 Å². The van der Waals surface area contributed by atoms with E-state index in [-0.39, 0.29) is 6.04 Å². The standard InChI is InChI=1S/C23H24N6O3/c30-22(16-4-2-1-3-5-16)27-8-10-28(11-9-27)23-25-21(32-26-23)17-6-7-18-13-24-29(20(18)12-17)19-14-31-15-19/h1-7,12-13,19,22,30H,8-11,14-15H2. The number of rotatable bonds is 5. The summed E-state index contributed by atoms with van der Waals surface area (Å²) in [6, 6.07) is 16.1. The van der Waals surface area contributed by atoms with Crippen molar-refractivity contribution < 1.29 is 14.4 Å². The van der Waals surface area contributed by atoms with Gasteiger partial charge in [0, 0.05) is 37.1 Å². The number of ether oxygens (including phenoxy) is 1. The van der Waals surface area contributed by atoms with Crippen LogP contribution in [-0.4, -0.2) is 69.3 Å². The molecule has 4 aromatic rings. The maximum atomic E-state index is 10.6. The lowest BCUT2D eigenvalue weighted by molar-refractivity contribution is -0.0266. The Morgan fingerprint density at radius 2 is 1.81 bits per heavy atom. The first kappa shape index (κ1) is 19.4. The number of hydrogen-bond donors (Lipinski definition) is 1. The molecule has 0 spiro atoms. The molecule has 2 fully saturated rings. The smallest absolute Gasteiger partial charge is 0.266 e. The van der Waals surface area contributed by atoms with Crippen LogP contribution in [0, 0.1) is 0 Å². The van der Waals surface area contributed by atoms with Crippen molar-refractivity contribution in [2.45, 2.75) is 12.3 Å². The molecule has 2 saturated heterocycles. The molecule has 0 bridgehead atoms. The van der Waals surface area contributed by atoms with Crippen LogP contribution in [0.15, 0.2) is 59.3 Å². The van der Waals surface area contributed by atoms with Crippen molar-refractivity contribution in [3.05, 3.63) is 60.3 Å². The average Bonchev–Trinajstić information content (AvgIpc) is 3.46. The number of aliphatic hydroxyl groups excluding tert-OH is 1. The van der Waals surface area contributed by atoms with E-state index in [4.69, 9.17) is 9.26 Å². The van der Waals surface area contributed by atoms with Gasteiger partial charge in [-0.25, -0.2) is 0 Å². The highest BCUT2D eigenvalue weighted by Crippen LogP contribution is 2.28. The minimum absolute atomic E-state index is 0.281. The normalized spacial score (nSPS) is 18.7. The Balaban J connectivity index is 1.16. The SMILES string of the molecule is OC(c1ccccc1)N1CCN(c2noc(-c3ccc4cnn(C5COC5)c4c3)n2)CC1. The second-order valence-electron chi connectivity index (χ2n) is 8.26. The van der Waals surface area contributed by atoms with Gasteiger partial charge >= 0.3 is 0 Å². The zero-order chi connectivity index (χ0) is 21.5. The number of fused-ring (bicyclic) bond motifs is 1. The van der Waals surface area contributed by atoms with Crippen molar-refractivity contribution in [3.63, 3.8) is 0 Å². The van der Waals surface area contributed by atoms with Gasteiger partial charge in [0.1, 0.15) is 6.23 Å². The Morgan fingerprint density at radius 3 is 2.56 bits per heavy atom. The molecule has 2 aromatic carbocycles. The summed E-state index contributed by atoms with van der Waals surface area (Å²) in [4.78, 5) is 8.80. The Bertz CT molecular complexity index is 1210. The molecular weight excluding hydrogens is 408 g/mol. The van der Waals surface area contributed by atoms with Crippen molar-refractivity contribution in [3.8, 4) is 11.5 Å². The Hall–Kier alpha value is -3.27. The van der Waals surface area contributed by atoms with Crippen LogP contribution in [0.3, 0.4) is 0 Å². The van der Waals surface area contributed by atoms with Gasteiger partial charge in [0.15, 0.2) is 0 Å². The third-order valence-corrected chi connectivity index (χ3v) is 6.27. The first-order valence-electron chi connectivity index (χ1n) is 10.9. The first-order chi connectivity index (χ1) is 15.8. The van der Waals surface area contributed by atoms with Crippen LogP contribution in [0.2, 0.25) is 0 Å². The third kappa shape index (κ3) is 3.44. The highest BCUT2D eigenvalue weighted by molar-refractivity contribution is 5.83. The van der Waals surface area contributed by atoms with Gasteiger partial charge in [-0.3, -0.25) is 9.58 Å². The van der Waals surface area contributed by atoms with E-state index in [1.54, 1.807) is 0 Å². The van der Waals surface area contributed by atoms with Gasteiger partial charge in [-0.1, -0.05) is 36.4 Å². The molecule has 1 unspecified atom stereocenters. The predicted molar refractivity (Wildman–Crippen MR) is 118 cm³/mol. The van der Waals surface area contributed by atoms with Gasteiger partial charge in [-0.05, 0) is 22.9 Å². The number of nitrogens with zero attached hydrogens (tertiary/aromatic N) is 6. The minimum Gasteiger partial charge on any atom is -0.377 e. The van der Waals surface area contributed by atoms with Gasteiger partial charge in [-0.15, -0.1) is 0 Å². The molecule has 2 aromatic heterocycles. The number of hydrogen-bond acceptors (Lipinski definition) is 8. The maximum absolute atomic E-state index is 10.6. The van der Waals surface area contributed by atoms with Gasteiger partial charge in [-0.2, -0.15) is 10.1 Å². The number of anilines is 1. The number of aliphatic hydroxyl groups is 1. The fraction of sp³-hybridized carbons (Fsp3) is 0.348. The van der Waals surface area contributed by atoms with E-state index in [1.807, 2.05) is 59.4 Å². The van der Waals surface area contributed by atoms with E-state index in [0.717, 1.165) is 35.1 Å². The Labute approximate surface area is 184 Å². The average molecular weight is 432 g/mol. The summed E-state index contributed by atoms with van der Waals surface area (Å²) in [6.45, 7) is 4.25. The lowest BCUT2D eigenvalue weighted by Gasteiger charge is -2.36. The van der Waals surface area contributed by atoms with Crippen molar-refractivity contribution in [1.82, 2.24) is 24.8 Å². The van der Waals surface area contributed by atoms with E-state index in [1.165, 1.54) is 0 Å². The molecule has 2 aliphatic heterocycles. The van der Waals surface area contributed by atoms with Crippen LogP contribution in [-0.2, 0) is 4.74 Å². The molecule has 1 atom stereocenters. The molecule has 0 amide bonds. The predicted octanol–water partition coefficient (Wildman–Crippen LogP) is 2.47. The van der Waals surface area contributed by atoms with Crippen molar-refractivity contribution in [2.75, 3.05) is 44.3 Å². The third-order valence-electron chi connectivity index (χ3n) is 6.27. The van der Waals surface area contributed by atoms with E-state index in [9.17, 15) is 5.11 Å². The highest BCUT2D eigenvalue weighted by Gasteiger charge is 2.26. The minimum atomic E-state index is -0.600. The molecule has 0 saturated carbocycles. The molecule has 32 heavy (non-hydrogen) atoms. The first-order valence-corrected chi connectivity index (χ1v) is 10.9. The van der Waals surface area contributed by atoms with Crippen molar-refractivity contribution in [2.24, 2.45) is 0 Å². The van der Waals surface area contributed by atoms with E-state index < -0.39 is 6.23 Å². The van der Waals surface area contributed by atoms with E-state index in [2.05, 4.69) is 25.0 Å². The molecule has 6 rings (SSSR count). The number of benzene rings is 2. The quantitative estimate of drug-likeness (QED) is 0.514. The van der Waals surface area contributed by atoms with Crippen LogP contribution in [0.1, 0.15) is 17.8 Å². The van der Waals surface area contributed by atoms with Gasteiger partial charge in [0.25, 0.3) is 11.8 Å². The molecule has 0 radical (unpaired) electrons. The lowest BCUT2D eigenvalue weighted by Crippen LogP contribution is -2.48. The molecule has 0 aliphatic carbocycles. The maximum Gasteiger partial charge on any atom is 0.266 e. The summed E-state index contributed by atoms with van der Waals surface area (Å²) in [7, 11) is 0. The fourth-order valence-electron chi connectivity index (χ4n) is 4.29. The molecular formula is C23H24N6O3. The fourth-order valence-corrected chi connectivity index (χ4v) is 4.29. The zero-order valence-corrected chi connectivity index (χ0v) is 17.5. The van der Waals surface area contributed by atoms with Gasteiger partial charge in [0.05, 0.1) is 31.0 Å². The van der Waals surface area contributed by atoms with Crippen molar-refractivity contribution in [1.29, 1.82) is 0 Å². The molecule has 4 heterocycles. The van der Waals surface area contributed by atoms with Crippen molar-refractivity contribution >= 4 is 16.9 Å². The number of aromatic nitrogens is 4. The summed E-state index contributed by atoms with van der Waals surface area (Å²) >= 11 is 0. The van der Waals surface area contributed by atoms with E-state index >= 15 is 0 Å². The second kappa shape index (κ2) is 8.01. The molecule has 9 nitrogen and oxygen atoms in total. The zero-order valence-electron chi connectivity index (χ0n) is 17.5. The number of piperazine rings is 1. The second-order valence-corrected chi connectivity index (χ2v) is 8.26.